The minimum atomic E-state index is -0.465. The van der Waals surface area contributed by atoms with Crippen LogP contribution in [0.3, 0.4) is 0 Å². The number of nitrogens with zero attached hydrogens (tertiary/aromatic N) is 1. The molecule has 0 saturated carbocycles. The molecule has 1 unspecified atom stereocenters. The van der Waals surface area contributed by atoms with Crippen LogP contribution < -0.4 is 0 Å². The summed E-state index contributed by atoms with van der Waals surface area (Å²) in [7, 11) is 1.34. The van der Waals surface area contributed by atoms with Crippen molar-refractivity contribution in [1.29, 1.82) is 0 Å². The van der Waals surface area contributed by atoms with E-state index in [-0.39, 0.29) is 11.9 Å². The van der Waals surface area contributed by atoms with Gasteiger partial charge in [0.05, 0.1) is 7.11 Å². The highest BCUT2D eigenvalue weighted by Gasteiger charge is 2.35. The quantitative estimate of drug-likeness (QED) is 0.782. The van der Waals surface area contributed by atoms with Crippen LogP contribution in [0.1, 0.15) is 28.8 Å². The maximum absolute atomic E-state index is 12.5. The highest BCUT2D eigenvalue weighted by molar-refractivity contribution is 6.30. The van der Waals surface area contributed by atoms with Crippen LogP contribution in [-0.4, -0.2) is 36.5 Å². The number of carbonyl (C=O) groups is 2. The molecule has 0 spiro atoms. The van der Waals surface area contributed by atoms with Gasteiger partial charge >= 0.3 is 5.97 Å². The lowest BCUT2D eigenvalue weighted by atomic mass is 10.1. The van der Waals surface area contributed by atoms with Gasteiger partial charge < -0.3 is 9.64 Å². The number of carbonyl (C=O) groups excluding carboxylic acids is 2. The van der Waals surface area contributed by atoms with Crippen molar-refractivity contribution in [3.63, 3.8) is 0 Å². The minimum absolute atomic E-state index is 0.137. The third-order valence-electron chi connectivity index (χ3n) is 3.41. The van der Waals surface area contributed by atoms with Crippen molar-refractivity contribution < 1.29 is 14.3 Å². The van der Waals surface area contributed by atoms with Gasteiger partial charge in [-0.1, -0.05) is 11.6 Å². The Morgan fingerprint density at radius 2 is 2.16 bits per heavy atom. The predicted octanol–water partition coefficient (Wildman–Crippen LogP) is 2.43. The largest absolute Gasteiger partial charge is 0.467 e. The van der Waals surface area contributed by atoms with Crippen molar-refractivity contribution in [1.82, 2.24) is 4.90 Å². The molecule has 0 aromatic heterocycles. The third-order valence-corrected chi connectivity index (χ3v) is 3.64. The summed E-state index contributed by atoms with van der Waals surface area (Å²) < 4.78 is 4.75. The van der Waals surface area contributed by atoms with E-state index in [1.54, 1.807) is 23.1 Å². The number of methoxy groups -OCH3 is 1. The number of likely N-dealkylation sites (tertiary alicyclic amines) is 1. The van der Waals surface area contributed by atoms with Crippen LogP contribution in [0.2, 0.25) is 5.02 Å². The van der Waals surface area contributed by atoms with E-state index < -0.39 is 6.04 Å². The number of halogens is 1. The molecule has 5 heteroatoms. The number of benzene rings is 1. The van der Waals surface area contributed by atoms with Crippen molar-refractivity contribution >= 4 is 23.5 Å². The summed E-state index contributed by atoms with van der Waals surface area (Å²) >= 11 is 5.88. The Kier molecular flexibility index (Phi) is 4.10. The lowest BCUT2D eigenvalue weighted by Crippen LogP contribution is -2.41. The zero-order valence-corrected chi connectivity index (χ0v) is 11.7. The first kappa shape index (κ1) is 13.9. The average molecular weight is 282 g/mol. The zero-order valence-electron chi connectivity index (χ0n) is 11.0. The normalized spacial score (nSPS) is 18.5. The van der Waals surface area contributed by atoms with E-state index in [9.17, 15) is 9.59 Å². The number of hydrogen-bond donors (Lipinski definition) is 0. The summed E-state index contributed by atoms with van der Waals surface area (Å²) in [6.45, 7) is 2.42. The molecular weight excluding hydrogens is 266 g/mol. The highest BCUT2D eigenvalue weighted by atomic mass is 35.5. The highest BCUT2D eigenvalue weighted by Crippen LogP contribution is 2.23. The topological polar surface area (TPSA) is 46.6 Å². The van der Waals surface area contributed by atoms with Crippen LogP contribution in [0.15, 0.2) is 18.2 Å². The molecule has 1 saturated heterocycles. The first-order valence-corrected chi connectivity index (χ1v) is 6.57. The number of amides is 1. The molecule has 19 heavy (non-hydrogen) atoms. The fraction of sp³-hybridized carbons (Fsp3) is 0.429. The number of ether oxygens (including phenoxy) is 1. The van der Waals surface area contributed by atoms with Crippen molar-refractivity contribution in [3.8, 4) is 0 Å². The molecule has 1 fully saturated rings. The van der Waals surface area contributed by atoms with E-state index in [0.717, 1.165) is 12.0 Å². The second-order valence-corrected chi connectivity index (χ2v) is 5.08. The van der Waals surface area contributed by atoms with E-state index in [0.29, 0.717) is 23.6 Å². The van der Waals surface area contributed by atoms with Crippen molar-refractivity contribution in [2.24, 2.45) is 0 Å². The maximum atomic E-state index is 12.5. The fourth-order valence-electron chi connectivity index (χ4n) is 2.41. The van der Waals surface area contributed by atoms with E-state index in [4.69, 9.17) is 16.3 Å². The molecular formula is C14H16ClNO3. The van der Waals surface area contributed by atoms with Gasteiger partial charge in [-0.05, 0) is 43.5 Å². The Bertz CT molecular complexity index is 515. The summed E-state index contributed by atoms with van der Waals surface area (Å²) in [5, 5.41) is 0.597. The van der Waals surface area contributed by atoms with Crippen LogP contribution in [-0.2, 0) is 9.53 Å². The van der Waals surface area contributed by atoms with Crippen molar-refractivity contribution in [2.75, 3.05) is 13.7 Å². The molecule has 1 aliphatic heterocycles. The van der Waals surface area contributed by atoms with Crippen molar-refractivity contribution in [3.05, 3.63) is 34.3 Å². The SMILES string of the molecule is COC(=O)C1CCCN1C(=O)c1ccc(Cl)cc1C. The zero-order chi connectivity index (χ0) is 14.0. The first-order chi connectivity index (χ1) is 9.04. The maximum Gasteiger partial charge on any atom is 0.328 e. The van der Waals surface area contributed by atoms with Gasteiger partial charge in [0.2, 0.25) is 0 Å². The number of rotatable bonds is 2. The van der Waals surface area contributed by atoms with Gasteiger partial charge in [-0.25, -0.2) is 4.79 Å². The fourth-order valence-corrected chi connectivity index (χ4v) is 2.64. The first-order valence-electron chi connectivity index (χ1n) is 6.19. The Labute approximate surface area is 117 Å². The molecule has 0 radical (unpaired) electrons. The number of esters is 1. The molecule has 0 bridgehead atoms. The van der Waals surface area contributed by atoms with Gasteiger partial charge in [0.15, 0.2) is 0 Å². The summed E-state index contributed by atoms with van der Waals surface area (Å²) in [5.74, 6) is -0.487. The third kappa shape index (κ3) is 2.73. The van der Waals surface area contributed by atoms with E-state index >= 15 is 0 Å². The van der Waals surface area contributed by atoms with Gasteiger partial charge in [-0.3, -0.25) is 4.79 Å². The lowest BCUT2D eigenvalue weighted by molar-refractivity contribution is -0.145. The molecule has 1 aromatic carbocycles. The predicted molar refractivity (Wildman–Crippen MR) is 72.3 cm³/mol. The van der Waals surface area contributed by atoms with E-state index in [2.05, 4.69) is 0 Å². The Hall–Kier alpha value is -1.55. The van der Waals surface area contributed by atoms with Crippen LogP contribution in [0, 0.1) is 6.92 Å². The molecule has 0 aliphatic carbocycles. The molecule has 1 atom stereocenters. The number of hydrogen-bond acceptors (Lipinski definition) is 3. The van der Waals surface area contributed by atoms with Gasteiger partial charge in [0.1, 0.15) is 6.04 Å². The molecule has 1 aromatic rings. The van der Waals surface area contributed by atoms with Crippen LogP contribution in [0.25, 0.3) is 0 Å². The standard InChI is InChI=1S/C14H16ClNO3/c1-9-8-10(15)5-6-11(9)13(17)16-7-3-4-12(16)14(18)19-2/h5-6,8,12H,3-4,7H2,1-2H3. The molecule has 1 heterocycles. The van der Waals surface area contributed by atoms with Crippen LogP contribution in [0.5, 0.6) is 0 Å². The molecule has 4 nitrogen and oxygen atoms in total. The Morgan fingerprint density at radius 3 is 2.79 bits per heavy atom. The van der Waals surface area contributed by atoms with Gasteiger partial charge in [-0.15, -0.1) is 0 Å². The minimum Gasteiger partial charge on any atom is -0.467 e. The molecule has 0 N–H and O–H groups in total. The van der Waals surface area contributed by atoms with Gasteiger partial charge in [0, 0.05) is 17.1 Å². The Balaban J connectivity index is 2.25. The van der Waals surface area contributed by atoms with Gasteiger partial charge in [-0.2, -0.15) is 0 Å². The van der Waals surface area contributed by atoms with E-state index in [1.807, 2.05) is 6.92 Å². The second-order valence-electron chi connectivity index (χ2n) is 4.64. The van der Waals surface area contributed by atoms with Crippen LogP contribution in [0.4, 0.5) is 0 Å². The second kappa shape index (κ2) is 5.61. The summed E-state index contributed by atoms with van der Waals surface area (Å²) in [4.78, 5) is 25.7. The number of aryl methyl sites for hydroxylation is 1. The summed E-state index contributed by atoms with van der Waals surface area (Å²) in [6, 6.07) is 4.67. The summed E-state index contributed by atoms with van der Waals surface area (Å²) in [6.07, 6.45) is 1.48. The van der Waals surface area contributed by atoms with Crippen molar-refractivity contribution in [2.45, 2.75) is 25.8 Å². The summed E-state index contributed by atoms with van der Waals surface area (Å²) in [5.41, 5.74) is 1.40. The molecule has 1 aliphatic rings. The average Bonchev–Trinajstić information content (AvgIpc) is 2.86. The van der Waals surface area contributed by atoms with Gasteiger partial charge in [0.25, 0.3) is 5.91 Å². The molecule has 1 amide bonds. The molecule has 2 rings (SSSR count). The lowest BCUT2D eigenvalue weighted by Gasteiger charge is -2.23. The monoisotopic (exact) mass is 281 g/mol. The Morgan fingerprint density at radius 1 is 1.42 bits per heavy atom. The molecule has 102 valence electrons. The van der Waals surface area contributed by atoms with Crippen LogP contribution >= 0.6 is 11.6 Å². The van der Waals surface area contributed by atoms with E-state index in [1.165, 1.54) is 7.11 Å². The smallest absolute Gasteiger partial charge is 0.328 e.